The fourth-order valence-corrected chi connectivity index (χ4v) is 11.1. The highest BCUT2D eigenvalue weighted by atomic mass is 32.2. The molecule has 1 aliphatic rings. The van der Waals surface area contributed by atoms with E-state index in [1.54, 1.807) is 12.5 Å². The summed E-state index contributed by atoms with van der Waals surface area (Å²) in [6.07, 6.45) is 7.52. The Morgan fingerprint density at radius 2 is 1.55 bits per heavy atom. The van der Waals surface area contributed by atoms with Crippen molar-refractivity contribution in [3.05, 3.63) is 78.6 Å². The molecule has 0 bridgehead atoms. The lowest BCUT2D eigenvalue weighted by Crippen LogP contribution is -2.67. The first-order valence-corrected chi connectivity index (χ1v) is 17.7. The minimum atomic E-state index is -2.68. The van der Waals surface area contributed by atoms with Crippen molar-refractivity contribution in [1.29, 1.82) is 0 Å². The summed E-state index contributed by atoms with van der Waals surface area (Å²) in [6, 6.07) is 23.6. The molecule has 1 fully saturated rings. The van der Waals surface area contributed by atoms with Gasteiger partial charge in [-0.2, -0.15) is 9.97 Å². The first-order chi connectivity index (χ1) is 19.2. The van der Waals surface area contributed by atoms with E-state index in [1.165, 1.54) is 16.8 Å². The van der Waals surface area contributed by atoms with Crippen LogP contribution in [-0.2, 0) is 22.0 Å². The van der Waals surface area contributed by atoms with Crippen LogP contribution < -0.4 is 15.3 Å². The molecule has 0 radical (unpaired) electrons. The molecule has 2 aromatic heterocycles. The van der Waals surface area contributed by atoms with Gasteiger partial charge in [0.15, 0.2) is 5.82 Å². The Morgan fingerprint density at radius 3 is 2.10 bits per heavy atom. The summed E-state index contributed by atoms with van der Waals surface area (Å²) in [5.41, 5.74) is 1.75. The van der Waals surface area contributed by atoms with Gasteiger partial charge in [-0.3, -0.25) is 0 Å². The van der Waals surface area contributed by atoms with Gasteiger partial charge < -0.3 is 13.9 Å². The Labute approximate surface area is 242 Å². The van der Waals surface area contributed by atoms with Gasteiger partial charge in [-0.05, 0) is 47.7 Å². The molecule has 6 nitrogen and oxygen atoms in total. The zero-order chi connectivity index (χ0) is 28.3. The molecule has 5 rings (SSSR count). The molecule has 2 aromatic carbocycles. The molecule has 40 heavy (non-hydrogen) atoms. The lowest BCUT2D eigenvalue weighted by Gasteiger charge is -2.44. The molecule has 4 aromatic rings. The summed E-state index contributed by atoms with van der Waals surface area (Å²) >= 11 is -1.25. The van der Waals surface area contributed by atoms with Crippen LogP contribution in [0.25, 0.3) is 10.9 Å². The van der Waals surface area contributed by atoms with Gasteiger partial charge in [0.1, 0.15) is 11.8 Å². The minimum Gasteiger partial charge on any atom is -0.609 e. The maximum absolute atomic E-state index is 12.2. The van der Waals surface area contributed by atoms with Crippen molar-refractivity contribution in [2.75, 3.05) is 24.2 Å². The molecule has 210 valence electrons. The van der Waals surface area contributed by atoms with Gasteiger partial charge in [0.2, 0.25) is 0 Å². The SMILES string of the molecule is C[C@@H](Cc1cc2cnc([S+](C)[O-])nc2c(N2CCCCC2)n1)O[Si](c1ccccc1)(c1ccccc1)C(C)(C)C. The number of benzene rings is 2. The number of rotatable bonds is 8. The summed E-state index contributed by atoms with van der Waals surface area (Å²) in [7, 11) is -2.68. The summed E-state index contributed by atoms with van der Waals surface area (Å²) in [4.78, 5) is 16.6. The van der Waals surface area contributed by atoms with E-state index in [9.17, 15) is 4.55 Å². The monoisotopic (exact) mass is 572 g/mol. The van der Waals surface area contributed by atoms with Crippen molar-refractivity contribution in [3.63, 3.8) is 0 Å². The first-order valence-electron chi connectivity index (χ1n) is 14.2. The van der Waals surface area contributed by atoms with Crippen LogP contribution in [0.5, 0.6) is 0 Å². The average molecular weight is 573 g/mol. The average Bonchev–Trinajstić information content (AvgIpc) is 2.96. The molecule has 1 unspecified atom stereocenters. The second kappa shape index (κ2) is 12.0. The Kier molecular flexibility index (Phi) is 8.61. The van der Waals surface area contributed by atoms with Crippen molar-refractivity contribution in [2.45, 2.75) is 69.7 Å². The van der Waals surface area contributed by atoms with Crippen LogP contribution in [-0.4, -0.2) is 53.3 Å². The van der Waals surface area contributed by atoms with Gasteiger partial charge in [-0.15, -0.1) is 0 Å². The largest absolute Gasteiger partial charge is 0.609 e. The maximum Gasteiger partial charge on any atom is 0.343 e. The van der Waals surface area contributed by atoms with Gasteiger partial charge in [0.25, 0.3) is 8.32 Å². The standard InChI is InChI=1S/C32H40N4O2SSi/c1-24(38-40(32(2,3)4,27-15-9-6-10-16-27)28-17-11-7-12-18-28)21-26-22-25-23-33-31(39(5)37)35-29(25)30(34-26)36-19-13-8-14-20-36/h6-7,9-12,15-18,22-24H,8,13-14,19-21H2,1-5H3/t24-,39?/m0/s1. The van der Waals surface area contributed by atoms with Crippen LogP contribution in [0.1, 0.15) is 52.7 Å². The number of piperidine rings is 1. The summed E-state index contributed by atoms with van der Waals surface area (Å²) in [5, 5.41) is 3.73. The molecular weight excluding hydrogens is 533 g/mol. The fourth-order valence-electron chi connectivity index (χ4n) is 5.96. The predicted octanol–water partition coefficient (Wildman–Crippen LogP) is 5.26. The van der Waals surface area contributed by atoms with Gasteiger partial charge in [0.05, 0.1) is 0 Å². The van der Waals surface area contributed by atoms with Crippen LogP contribution in [0.4, 0.5) is 5.82 Å². The summed E-state index contributed by atoms with van der Waals surface area (Å²) in [5.74, 6) is 0.874. The van der Waals surface area contributed by atoms with E-state index in [0.29, 0.717) is 11.6 Å². The quantitative estimate of drug-likeness (QED) is 0.163. The van der Waals surface area contributed by atoms with Crippen molar-refractivity contribution >= 4 is 46.6 Å². The van der Waals surface area contributed by atoms with Gasteiger partial charge >= 0.3 is 5.16 Å². The zero-order valence-corrected chi connectivity index (χ0v) is 26.1. The summed E-state index contributed by atoms with van der Waals surface area (Å²) < 4.78 is 19.5. The lowest BCUT2D eigenvalue weighted by molar-refractivity contribution is 0.205. The molecule has 1 aliphatic heterocycles. The third kappa shape index (κ3) is 5.81. The van der Waals surface area contributed by atoms with E-state index in [1.807, 2.05) is 0 Å². The highest BCUT2D eigenvalue weighted by Gasteiger charge is 2.51. The maximum atomic E-state index is 12.2. The second-order valence-corrected chi connectivity index (χ2v) is 17.4. The molecule has 3 heterocycles. The number of hydrogen-bond acceptors (Lipinski definition) is 6. The number of hydrogen-bond donors (Lipinski definition) is 0. The molecule has 0 N–H and O–H groups in total. The van der Waals surface area contributed by atoms with E-state index < -0.39 is 19.5 Å². The Bertz CT molecular complexity index is 1380. The van der Waals surface area contributed by atoms with E-state index >= 15 is 0 Å². The molecule has 0 saturated carbocycles. The van der Waals surface area contributed by atoms with Crippen LogP contribution in [0, 0.1) is 0 Å². The molecule has 0 amide bonds. The zero-order valence-electron chi connectivity index (χ0n) is 24.3. The van der Waals surface area contributed by atoms with E-state index in [4.69, 9.17) is 14.4 Å². The molecule has 0 aliphatic carbocycles. The van der Waals surface area contributed by atoms with Gasteiger partial charge in [-0.25, -0.2) is 4.98 Å². The van der Waals surface area contributed by atoms with Gasteiger partial charge in [-0.1, -0.05) is 81.4 Å². The first kappa shape index (κ1) is 28.7. The summed E-state index contributed by atoms with van der Waals surface area (Å²) in [6.45, 7) is 11.0. The predicted molar refractivity (Wildman–Crippen MR) is 168 cm³/mol. The highest BCUT2D eigenvalue weighted by Crippen LogP contribution is 2.38. The van der Waals surface area contributed by atoms with Crippen molar-refractivity contribution < 1.29 is 8.98 Å². The van der Waals surface area contributed by atoms with Crippen molar-refractivity contribution in [1.82, 2.24) is 15.0 Å². The van der Waals surface area contributed by atoms with Crippen LogP contribution in [0.3, 0.4) is 0 Å². The minimum absolute atomic E-state index is 0.0752. The van der Waals surface area contributed by atoms with Crippen molar-refractivity contribution in [3.8, 4) is 0 Å². The van der Waals surface area contributed by atoms with E-state index in [-0.39, 0.29) is 11.1 Å². The molecule has 1 saturated heterocycles. The smallest absolute Gasteiger partial charge is 0.343 e. The molecule has 2 atom stereocenters. The number of nitrogens with zero attached hydrogens (tertiary/aromatic N) is 4. The number of fused-ring (bicyclic) bond motifs is 1. The number of pyridine rings is 1. The van der Waals surface area contributed by atoms with Crippen molar-refractivity contribution in [2.24, 2.45) is 0 Å². The van der Waals surface area contributed by atoms with Crippen LogP contribution in [0.15, 0.2) is 78.1 Å². The topological polar surface area (TPSA) is 74.2 Å². The molecular formula is C32H40N4O2SSi. The van der Waals surface area contributed by atoms with E-state index in [2.05, 4.69) is 104 Å². The van der Waals surface area contributed by atoms with Crippen LogP contribution >= 0.6 is 0 Å². The third-order valence-corrected chi connectivity index (χ3v) is 13.7. The highest BCUT2D eigenvalue weighted by molar-refractivity contribution is 7.90. The molecule has 0 spiro atoms. The van der Waals surface area contributed by atoms with E-state index in [0.717, 1.165) is 48.3 Å². The fraction of sp³-hybridized carbons (Fsp3) is 0.406. The number of anilines is 1. The Morgan fingerprint density at radius 1 is 0.950 bits per heavy atom. The number of aromatic nitrogens is 3. The Hall–Kier alpha value is -2.78. The molecule has 8 heteroatoms. The Balaban J connectivity index is 1.54. The normalized spacial score (nSPS) is 16.2. The third-order valence-electron chi connectivity index (χ3n) is 7.78. The van der Waals surface area contributed by atoms with Gasteiger partial charge in [0, 0.05) is 54.1 Å². The second-order valence-electron chi connectivity index (χ2n) is 11.8. The lowest BCUT2D eigenvalue weighted by atomic mass is 10.1. The van der Waals surface area contributed by atoms with Crippen LogP contribution in [0.2, 0.25) is 5.04 Å².